The number of halogens is 1. The molecule has 1 aliphatic heterocycles. The lowest BCUT2D eigenvalue weighted by molar-refractivity contribution is -0.120. The van der Waals surface area contributed by atoms with Crippen LogP contribution in [0.15, 0.2) is 89.6 Å². The van der Waals surface area contributed by atoms with Crippen molar-refractivity contribution in [1.82, 2.24) is 0 Å². The summed E-state index contributed by atoms with van der Waals surface area (Å²) in [6, 6.07) is 22.4. The molecule has 0 aliphatic carbocycles. The van der Waals surface area contributed by atoms with E-state index >= 15 is 0 Å². The summed E-state index contributed by atoms with van der Waals surface area (Å²) in [5.74, 6) is -1.18. The van der Waals surface area contributed by atoms with Gasteiger partial charge in [-0.3, -0.25) is 9.59 Å². The number of aryl methyl sites for hydroxylation is 1. The van der Waals surface area contributed by atoms with Crippen LogP contribution in [0.3, 0.4) is 0 Å². The Morgan fingerprint density at radius 3 is 2.24 bits per heavy atom. The predicted molar refractivity (Wildman–Crippen MR) is 132 cm³/mol. The summed E-state index contributed by atoms with van der Waals surface area (Å²) in [7, 11) is 0. The molecule has 0 fully saturated rings. The van der Waals surface area contributed by atoms with Gasteiger partial charge in [-0.15, -0.1) is 0 Å². The Kier molecular flexibility index (Phi) is 7.09. The average molecular weight is 475 g/mol. The summed E-state index contributed by atoms with van der Waals surface area (Å²) >= 11 is 6.22. The number of esters is 1. The number of imide groups is 1. The van der Waals surface area contributed by atoms with Gasteiger partial charge < -0.3 is 10.1 Å². The lowest BCUT2D eigenvalue weighted by Crippen LogP contribution is -2.32. The topological polar surface area (TPSA) is 75.7 Å². The number of nitrogens with one attached hydrogen (secondary N) is 1. The van der Waals surface area contributed by atoms with Gasteiger partial charge in [0.2, 0.25) is 0 Å². The molecule has 4 rings (SSSR count). The van der Waals surface area contributed by atoms with Crippen LogP contribution in [0.2, 0.25) is 0 Å². The van der Waals surface area contributed by atoms with E-state index in [1.807, 2.05) is 18.2 Å². The van der Waals surface area contributed by atoms with Crippen LogP contribution >= 0.6 is 11.6 Å². The van der Waals surface area contributed by atoms with Gasteiger partial charge in [0, 0.05) is 5.69 Å². The van der Waals surface area contributed by atoms with Crippen molar-refractivity contribution in [3.8, 4) is 5.75 Å². The van der Waals surface area contributed by atoms with Crippen LogP contribution in [0.25, 0.3) is 0 Å². The van der Waals surface area contributed by atoms with E-state index in [2.05, 4.69) is 12.2 Å². The molecule has 2 amide bonds. The van der Waals surface area contributed by atoms with Crippen LogP contribution < -0.4 is 15.0 Å². The van der Waals surface area contributed by atoms with Crippen LogP contribution in [0, 0.1) is 0 Å². The Balaban J connectivity index is 1.44. The smallest absolute Gasteiger partial charge is 0.343 e. The van der Waals surface area contributed by atoms with Crippen LogP contribution in [0.1, 0.15) is 35.7 Å². The van der Waals surface area contributed by atoms with E-state index in [0.717, 1.165) is 29.7 Å². The second-order valence-corrected chi connectivity index (χ2v) is 8.19. The fraction of sp³-hybridized carbons (Fsp3) is 0.148. The first-order valence-electron chi connectivity index (χ1n) is 11.0. The molecule has 3 aromatic carbocycles. The first-order chi connectivity index (χ1) is 16.5. The predicted octanol–water partition coefficient (Wildman–Crippen LogP) is 5.68. The van der Waals surface area contributed by atoms with Gasteiger partial charge in [0.25, 0.3) is 11.8 Å². The second-order valence-electron chi connectivity index (χ2n) is 7.81. The maximum atomic E-state index is 13.0. The molecular formula is C27H23ClN2O4. The minimum Gasteiger partial charge on any atom is -0.423 e. The summed E-state index contributed by atoms with van der Waals surface area (Å²) in [6.07, 6.45) is 3.11. The first kappa shape index (κ1) is 23.3. The highest BCUT2D eigenvalue weighted by atomic mass is 35.5. The van der Waals surface area contributed by atoms with Crippen LogP contribution in [-0.2, 0) is 16.0 Å². The number of carbonyl (C=O) groups excluding carboxylic acids is 3. The second kappa shape index (κ2) is 10.4. The molecule has 1 heterocycles. The lowest BCUT2D eigenvalue weighted by Gasteiger charge is -2.15. The molecule has 0 spiro atoms. The molecule has 34 heavy (non-hydrogen) atoms. The average Bonchev–Trinajstić information content (AvgIpc) is 3.07. The zero-order valence-corrected chi connectivity index (χ0v) is 19.3. The third kappa shape index (κ3) is 5.02. The zero-order valence-electron chi connectivity index (χ0n) is 18.6. The fourth-order valence-corrected chi connectivity index (χ4v) is 3.74. The van der Waals surface area contributed by atoms with E-state index in [9.17, 15) is 14.4 Å². The van der Waals surface area contributed by atoms with Crippen molar-refractivity contribution in [2.24, 2.45) is 0 Å². The highest BCUT2D eigenvalue weighted by molar-refractivity contribution is 6.53. The van der Waals surface area contributed by atoms with Crippen molar-refractivity contribution in [3.05, 3.63) is 101 Å². The Labute approximate surface area is 202 Å². The van der Waals surface area contributed by atoms with E-state index < -0.39 is 17.8 Å². The van der Waals surface area contributed by atoms with Crippen molar-refractivity contribution >= 4 is 40.8 Å². The summed E-state index contributed by atoms with van der Waals surface area (Å²) in [6.45, 7) is 2.13. The molecule has 1 aliphatic rings. The molecule has 0 radical (unpaired) electrons. The summed E-state index contributed by atoms with van der Waals surface area (Å²) in [5.41, 5.74) is 2.44. The Bertz CT molecular complexity index is 1240. The van der Waals surface area contributed by atoms with E-state index in [1.54, 1.807) is 60.7 Å². The van der Waals surface area contributed by atoms with Gasteiger partial charge in [-0.25, -0.2) is 9.69 Å². The van der Waals surface area contributed by atoms with E-state index in [0.29, 0.717) is 22.7 Å². The maximum absolute atomic E-state index is 13.0. The van der Waals surface area contributed by atoms with E-state index in [1.165, 1.54) is 0 Å². The Morgan fingerprint density at radius 1 is 0.912 bits per heavy atom. The largest absolute Gasteiger partial charge is 0.423 e. The van der Waals surface area contributed by atoms with Crippen molar-refractivity contribution in [2.75, 3.05) is 10.2 Å². The molecule has 0 bridgehead atoms. The molecule has 172 valence electrons. The number of para-hydroxylation sites is 1. The highest BCUT2D eigenvalue weighted by Gasteiger charge is 2.38. The van der Waals surface area contributed by atoms with Gasteiger partial charge in [-0.2, -0.15) is 0 Å². The van der Waals surface area contributed by atoms with Gasteiger partial charge in [0.05, 0.1) is 11.3 Å². The van der Waals surface area contributed by atoms with Crippen LogP contribution in [0.4, 0.5) is 11.4 Å². The van der Waals surface area contributed by atoms with Gasteiger partial charge in [0.1, 0.15) is 16.5 Å². The third-order valence-corrected chi connectivity index (χ3v) is 5.74. The van der Waals surface area contributed by atoms with Crippen LogP contribution in [0.5, 0.6) is 5.75 Å². The molecule has 1 N–H and O–H groups in total. The number of nitrogens with zero attached hydrogens (tertiary/aromatic N) is 1. The molecule has 0 unspecified atom stereocenters. The maximum Gasteiger partial charge on any atom is 0.343 e. The summed E-state index contributed by atoms with van der Waals surface area (Å²) < 4.78 is 5.32. The normalized spacial score (nSPS) is 13.4. The number of rotatable bonds is 8. The molecular weight excluding hydrogens is 452 g/mol. The SMILES string of the molecule is CCCCc1ccc(N2C(=O)C(Cl)=C(Nc3ccc(C(=O)Oc4ccccc4)cc3)C2=O)cc1. The number of unbranched alkanes of at least 4 members (excludes halogenated alkanes) is 1. The monoisotopic (exact) mass is 474 g/mol. The number of amides is 2. The first-order valence-corrected chi connectivity index (χ1v) is 11.4. The molecule has 7 heteroatoms. The number of benzene rings is 3. The minimum atomic E-state index is -0.585. The van der Waals surface area contributed by atoms with Gasteiger partial charge in [-0.05, 0) is 66.9 Å². The number of ether oxygens (including phenoxy) is 1. The van der Waals surface area contributed by atoms with Gasteiger partial charge in [-0.1, -0.05) is 55.3 Å². The number of hydrogen-bond donors (Lipinski definition) is 1. The molecule has 3 aromatic rings. The Morgan fingerprint density at radius 2 is 1.59 bits per heavy atom. The standard InChI is InChI=1S/C27H23ClN2O4/c1-2-3-7-18-10-16-21(17-11-18)30-25(31)23(28)24(26(30)32)29-20-14-12-19(13-15-20)27(33)34-22-8-5-4-6-9-22/h4-6,8-17,29H,2-3,7H2,1H3. The van der Waals surface area contributed by atoms with Gasteiger partial charge in [0.15, 0.2) is 0 Å². The number of hydrogen-bond acceptors (Lipinski definition) is 5. The molecule has 0 saturated heterocycles. The molecule has 0 atom stereocenters. The van der Waals surface area contributed by atoms with Gasteiger partial charge >= 0.3 is 5.97 Å². The summed E-state index contributed by atoms with van der Waals surface area (Å²) in [5, 5.41) is 2.72. The minimum absolute atomic E-state index is 0.0126. The summed E-state index contributed by atoms with van der Waals surface area (Å²) in [4.78, 5) is 39.1. The van der Waals surface area contributed by atoms with Crippen LogP contribution in [-0.4, -0.2) is 17.8 Å². The van der Waals surface area contributed by atoms with Crippen molar-refractivity contribution < 1.29 is 19.1 Å². The van der Waals surface area contributed by atoms with E-state index in [4.69, 9.17) is 16.3 Å². The third-order valence-electron chi connectivity index (χ3n) is 5.38. The number of anilines is 2. The molecule has 6 nitrogen and oxygen atoms in total. The Hall–Kier alpha value is -3.90. The van der Waals surface area contributed by atoms with Crippen molar-refractivity contribution in [2.45, 2.75) is 26.2 Å². The van der Waals surface area contributed by atoms with E-state index in [-0.39, 0.29) is 10.7 Å². The highest BCUT2D eigenvalue weighted by Crippen LogP contribution is 2.30. The molecule has 0 aromatic heterocycles. The quantitative estimate of drug-likeness (QED) is 0.258. The fourth-order valence-electron chi connectivity index (χ4n) is 3.53. The molecule has 0 saturated carbocycles. The zero-order chi connectivity index (χ0) is 24.1. The lowest BCUT2D eigenvalue weighted by atomic mass is 10.1. The number of carbonyl (C=O) groups is 3. The van der Waals surface area contributed by atoms with Crippen molar-refractivity contribution in [3.63, 3.8) is 0 Å². The van der Waals surface area contributed by atoms with Crippen molar-refractivity contribution in [1.29, 1.82) is 0 Å².